The summed E-state index contributed by atoms with van der Waals surface area (Å²) in [7, 11) is -4.64. The first-order valence-corrected chi connectivity index (χ1v) is 2.35. The van der Waals surface area contributed by atoms with Gasteiger partial charge in [-0.15, -0.1) is 0 Å². The molecule has 0 amide bonds. The molecule has 0 heterocycles. The molecule has 0 saturated heterocycles. The first kappa shape index (κ1) is 186. The molecule has 0 saturated carbocycles. The molecule has 0 rings (SSSR count). The van der Waals surface area contributed by atoms with Crippen molar-refractivity contribution in [3.05, 3.63) is 0 Å². The minimum atomic E-state index is -4.64. The second kappa shape index (κ2) is 75.5. The van der Waals surface area contributed by atoms with Crippen LogP contribution in [0.5, 0.6) is 0 Å². The van der Waals surface area contributed by atoms with Crippen molar-refractivity contribution in [2.24, 2.45) is 0 Å². The van der Waals surface area contributed by atoms with Gasteiger partial charge in [-0.05, 0) is 0 Å². The molecule has 0 radical (unpaired) electrons. The summed E-state index contributed by atoms with van der Waals surface area (Å²) in [5.74, 6) is 0. The third-order valence-corrected chi connectivity index (χ3v) is 0. The summed E-state index contributed by atoms with van der Waals surface area (Å²) in [5.41, 5.74) is 0. The van der Waals surface area contributed by atoms with Crippen molar-refractivity contribution in [3.8, 4) is 0 Å². The third-order valence-electron chi connectivity index (χ3n) is 0. The SMILES string of the molecule is O.O.O.O.O.O.O.O.O.O.O=P(O)(O)O.[NaH]. The molecule has 23 N–H and O–H groups in total. The molecule has 0 aliphatic carbocycles. The van der Waals surface area contributed by atoms with E-state index in [0.29, 0.717) is 0 Å². The van der Waals surface area contributed by atoms with E-state index in [9.17, 15) is 0 Å². The first-order chi connectivity index (χ1) is 2.00. The van der Waals surface area contributed by atoms with Gasteiger partial charge in [-0.25, -0.2) is 4.57 Å². The summed E-state index contributed by atoms with van der Waals surface area (Å²) in [5, 5.41) is 0. The molecule has 0 atom stereocenters. The molecule has 114 valence electrons. The Bertz CT molecular complexity index is 56.9. The molecule has 0 spiro atoms. The summed E-state index contributed by atoms with van der Waals surface area (Å²) in [4.78, 5) is 21.6. The van der Waals surface area contributed by atoms with Gasteiger partial charge in [0.05, 0.1) is 0 Å². The Morgan fingerprint density at radius 1 is 0.500 bits per heavy atom. The molecule has 16 heavy (non-hydrogen) atoms. The van der Waals surface area contributed by atoms with Crippen molar-refractivity contribution >= 4 is 37.4 Å². The van der Waals surface area contributed by atoms with Crippen LogP contribution < -0.4 is 0 Å². The predicted octanol–water partition coefficient (Wildman–Crippen LogP) is -9.82. The molecule has 0 unspecified atom stereocenters. The number of phosphoric acid groups is 1. The van der Waals surface area contributed by atoms with Gasteiger partial charge in [-0.3, -0.25) is 0 Å². The van der Waals surface area contributed by atoms with Gasteiger partial charge in [-0.2, -0.15) is 0 Å². The zero-order valence-corrected chi connectivity index (χ0v) is 8.09. The zero-order chi connectivity index (χ0) is 4.50. The second-order valence-electron chi connectivity index (χ2n) is 0.513. The molecule has 0 aliphatic heterocycles. The van der Waals surface area contributed by atoms with E-state index in [1.54, 1.807) is 0 Å². The van der Waals surface area contributed by atoms with Crippen LogP contribution in [0.4, 0.5) is 0 Å². The number of hydrogen-bond donors (Lipinski definition) is 3. The van der Waals surface area contributed by atoms with Gasteiger partial charge in [0, 0.05) is 0 Å². The van der Waals surface area contributed by atoms with E-state index in [4.69, 9.17) is 19.2 Å². The van der Waals surface area contributed by atoms with Crippen molar-refractivity contribution in [2.45, 2.75) is 0 Å². The fourth-order valence-electron chi connectivity index (χ4n) is 0. The second-order valence-corrected chi connectivity index (χ2v) is 1.54. The quantitative estimate of drug-likeness (QED) is 0.289. The molecule has 16 heteroatoms. The van der Waals surface area contributed by atoms with Crippen molar-refractivity contribution in [1.82, 2.24) is 0 Å². The summed E-state index contributed by atoms with van der Waals surface area (Å²) >= 11 is 0. The van der Waals surface area contributed by atoms with Crippen LogP contribution in [0.25, 0.3) is 0 Å². The van der Waals surface area contributed by atoms with E-state index in [1.807, 2.05) is 0 Å². The average molecular weight is 302 g/mol. The van der Waals surface area contributed by atoms with Crippen molar-refractivity contribution < 1.29 is 74.0 Å². The Morgan fingerprint density at radius 2 is 0.500 bits per heavy atom. The molecule has 0 bridgehead atoms. The third kappa shape index (κ3) is 5480. The van der Waals surface area contributed by atoms with Gasteiger partial charge in [0.25, 0.3) is 0 Å². The maximum absolute atomic E-state index is 8.88. The van der Waals surface area contributed by atoms with Crippen LogP contribution in [0.15, 0.2) is 0 Å². The van der Waals surface area contributed by atoms with Gasteiger partial charge in [-0.1, -0.05) is 0 Å². The van der Waals surface area contributed by atoms with E-state index in [-0.39, 0.29) is 84.3 Å². The molecule has 14 nitrogen and oxygen atoms in total. The molecule has 0 aromatic heterocycles. The van der Waals surface area contributed by atoms with Crippen molar-refractivity contribution in [3.63, 3.8) is 0 Å². The molecule has 0 fully saturated rings. The van der Waals surface area contributed by atoms with Gasteiger partial charge >= 0.3 is 37.4 Å². The Hall–Kier alpha value is 0.710. The summed E-state index contributed by atoms with van der Waals surface area (Å²) < 4.78 is 8.88. The van der Waals surface area contributed by atoms with E-state index in [1.165, 1.54) is 0 Å². The van der Waals surface area contributed by atoms with Crippen LogP contribution in [-0.4, -0.2) is 99.0 Å². The zero-order valence-electron chi connectivity index (χ0n) is 7.20. The minimum absolute atomic E-state index is 0. The maximum atomic E-state index is 8.88. The van der Waals surface area contributed by atoms with Crippen LogP contribution in [0, 0.1) is 0 Å². The fraction of sp³-hybridized carbons (Fsp3) is 0. The van der Waals surface area contributed by atoms with Gasteiger partial charge in [0.2, 0.25) is 0 Å². The Kier molecular flexibility index (Phi) is 877. The van der Waals surface area contributed by atoms with Crippen LogP contribution >= 0.6 is 7.82 Å². The molecular formula is H24NaO14P. The fourth-order valence-corrected chi connectivity index (χ4v) is 0. The van der Waals surface area contributed by atoms with Crippen molar-refractivity contribution in [1.29, 1.82) is 0 Å². The first-order valence-electron chi connectivity index (χ1n) is 0.783. The summed E-state index contributed by atoms with van der Waals surface area (Å²) in [6, 6.07) is 0. The van der Waals surface area contributed by atoms with E-state index in [2.05, 4.69) is 0 Å². The Morgan fingerprint density at radius 3 is 0.500 bits per heavy atom. The van der Waals surface area contributed by atoms with Gasteiger partial charge < -0.3 is 69.4 Å². The Labute approximate surface area is 112 Å². The summed E-state index contributed by atoms with van der Waals surface area (Å²) in [6.07, 6.45) is 0. The number of rotatable bonds is 0. The van der Waals surface area contributed by atoms with E-state index < -0.39 is 7.82 Å². The van der Waals surface area contributed by atoms with Crippen LogP contribution in [0.1, 0.15) is 0 Å². The standard InChI is InChI=1S/Na.H3O4P.10H2O.H/c;1-5(2,3)4;;;;;;;;;;;/h;(H3,1,2,3,4);10*1H2;. The monoisotopic (exact) mass is 302 g/mol. The van der Waals surface area contributed by atoms with Crippen LogP contribution in [0.3, 0.4) is 0 Å². The molecule has 0 aromatic rings. The molecule has 0 aliphatic rings. The topological polar surface area (TPSA) is 393 Å². The summed E-state index contributed by atoms with van der Waals surface area (Å²) in [6.45, 7) is 0. The Balaban J connectivity index is -0.00000000145. The van der Waals surface area contributed by atoms with Gasteiger partial charge in [0.1, 0.15) is 0 Å². The molecule has 0 aromatic carbocycles. The van der Waals surface area contributed by atoms with Crippen LogP contribution in [0.2, 0.25) is 0 Å². The van der Waals surface area contributed by atoms with Crippen LogP contribution in [-0.2, 0) is 4.57 Å². The average Bonchev–Trinajstić information content (AvgIpc) is 0.722. The normalized spacial score (nSPS) is 3.69. The number of hydrogen-bond acceptors (Lipinski definition) is 1. The van der Waals surface area contributed by atoms with Gasteiger partial charge in [0.15, 0.2) is 0 Å². The predicted molar refractivity (Wildman–Crippen MR) is 57.5 cm³/mol. The molecular weight excluding hydrogens is 278 g/mol. The van der Waals surface area contributed by atoms with E-state index >= 15 is 0 Å². The van der Waals surface area contributed by atoms with E-state index in [0.717, 1.165) is 0 Å². The van der Waals surface area contributed by atoms with Crippen molar-refractivity contribution in [2.75, 3.05) is 0 Å².